The second-order valence-electron chi connectivity index (χ2n) is 5.80. The third-order valence-corrected chi connectivity index (χ3v) is 5.28. The van der Waals surface area contributed by atoms with Crippen LogP contribution in [0.1, 0.15) is 41.9 Å². The van der Waals surface area contributed by atoms with Crippen LogP contribution in [0.2, 0.25) is 0 Å². The van der Waals surface area contributed by atoms with Crippen molar-refractivity contribution in [2.75, 3.05) is 20.6 Å². The zero-order chi connectivity index (χ0) is 13.0. The minimum atomic E-state index is 0.393. The number of hydrogen-bond donors (Lipinski definition) is 1. The Balaban J connectivity index is 1.86. The number of thiophene rings is 1. The van der Waals surface area contributed by atoms with E-state index in [4.69, 9.17) is 0 Å². The van der Waals surface area contributed by atoms with Crippen molar-refractivity contribution >= 4 is 11.3 Å². The molecule has 102 valence electrons. The topological polar surface area (TPSA) is 15.3 Å². The molecule has 1 aliphatic rings. The summed E-state index contributed by atoms with van der Waals surface area (Å²) in [6.07, 6.45) is 6.88. The second kappa shape index (κ2) is 6.18. The third kappa shape index (κ3) is 3.34. The molecular formula is C15H26N2S. The fraction of sp³-hybridized carbons (Fsp3) is 0.733. The van der Waals surface area contributed by atoms with Crippen molar-refractivity contribution in [3.8, 4) is 0 Å². The second-order valence-corrected chi connectivity index (χ2v) is 7.17. The predicted octanol–water partition coefficient (Wildman–Crippen LogP) is 3.41. The standard InChI is InChI=1S/C15H26N2S/c1-13-7-8-14(18-13)11-16-12-15(17(2)3)9-5-4-6-10-15/h7-8,16H,4-6,9-12H2,1-3H3. The average molecular weight is 266 g/mol. The SMILES string of the molecule is Cc1ccc(CNCC2(N(C)C)CCCCC2)s1. The Labute approximate surface area is 115 Å². The van der Waals surface area contributed by atoms with Gasteiger partial charge in [0.15, 0.2) is 0 Å². The van der Waals surface area contributed by atoms with Crippen LogP contribution in [0.15, 0.2) is 12.1 Å². The maximum absolute atomic E-state index is 3.68. The molecule has 3 heteroatoms. The molecule has 0 aromatic carbocycles. The first-order valence-electron chi connectivity index (χ1n) is 7.06. The van der Waals surface area contributed by atoms with Gasteiger partial charge in [-0.1, -0.05) is 19.3 Å². The normalized spacial score (nSPS) is 19.3. The lowest BCUT2D eigenvalue weighted by atomic mass is 9.80. The fourth-order valence-corrected chi connectivity index (χ4v) is 3.85. The molecule has 0 bridgehead atoms. The molecule has 0 unspecified atom stereocenters. The van der Waals surface area contributed by atoms with Gasteiger partial charge in [0.2, 0.25) is 0 Å². The van der Waals surface area contributed by atoms with Crippen LogP contribution in [0.5, 0.6) is 0 Å². The Hall–Kier alpha value is -0.380. The Bertz CT molecular complexity index is 364. The third-order valence-electron chi connectivity index (χ3n) is 4.28. The van der Waals surface area contributed by atoms with Crippen molar-refractivity contribution in [3.63, 3.8) is 0 Å². The van der Waals surface area contributed by atoms with Crippen molar-refractivity contribution in [1.82, 2.24) is 10.2 Å². The number of nitrogens with one attached hydrogen (secondary N) is 1. The van der Waals surface area contributed by atoms with Gasteiger partial charge in [-0.15, -0.1) is 11.3 Å². The van der Waals surface area contributed by atoms with Gasteiger partial charge < -0.3 is 10.2 Å². The number of aryl methyl sites for hydroxylation is 1. The number of likely N-dealkylation sites (N-methyl/N-ethyl adjacent to an activating group) is 1. The van der Waals surface area contributed by atoms with Crippen LogP contribution >= 0.6 is 11.3 Å². The first kappa shape index (κ1) is 14.0. The molecular weight excluding hydrogens is 240 g/mol. The Morgan fingerprint density at radius 3 is 2.50 bits per heavy atom. The molecule has 0 spiro atoms. The van der Waals surface area contributed by atoms with Crippen molar-refractivity contribution in [2.24, 2.45) is 0 Å². The highest BCUT2D eigenvalue weighted by molar-refractivity contribution is 7.11. The zero-order valence-electron chi connectivity index (χ0n) is 12.0. The van der Waals surface area contributed by atoms with Crippen LogP contribution in [0, 0.1) is 6.92 Å². The first-order chi connectivity index (χ1) is 8.62. The van der Waals surface area contributed by atoms with Gasteiger partial charge in [-0.3, -0.25) is 0 Å². The zero-order valence-corrected chi connectivity index (χ0v) is 12.8. The van der Waals surface area contributed by atoms with Crippen LogP contribution in [0.4, 0.5) is 0 Å². The molecule has 0 atom stereocenters. The van der Waals surface area contributed by atoms with E-state index in [2.05, 4.69) is 43.4 Å². The van der Waals surface area contributed by atoms with Crippen LogP contribution in [0.25, 0.3) is 0 Å². The molecule has 1 saturated carbocycles. The molecule has 2 nitrogen and oxygen atoms in total. The minimum Gasteiger partial charge on any atom is -0.310 e. The summed E-state index contributed by atoms with van der Waals surface area (Å²) in [7, 11) is 4.48. The van der Waals surface area contributed by atoms with Gasteiger partial charge >= 0.3 is 0 Å². The van der Waals surface area contributed by atoms with E-state index in [1.807, 2.05) is 11.3 Å². The van der Waals surface area contributed by atoms with Gasteiger partial charge in [-0.25, -0.2) is 0 Å². The quantitative estimate of drug-likeness (QED) is 0.878. The average Bonchev–Trinajstić information content (AvgIpc) is 2.76. The molecule has 1 fully saturated rings. The molecule has 1 aliphatic carbocycles. The Morgan fingerprint density at radius 2 is 1.94 bits per heavy atom. The summed E-state index contributed by atoms with van der Waals surface area (Å²) in [5, 5.41) is 3.68. The molecule has 0 amide bonds. The monoisotopic (exact) mass is 266 g/mol. The molecule has 0 aliphatic heterocycles. The lowest BCUT2D eigenvalue weighted by Gasteiger charge is -2.43. The highest BCUT2D eigenvalue weighted by Crippen LogP contribution is 2.31. The van der Waals surface area contributed by atoms with Crippen LogP contribution in [-0.4, -0.2) is 31.1 Å². The lowest BCUT2D eigenvalue weighted by molar-refractivity contribution is 0.0985. The van der Waals surface area contributed by atoms with Crippen molar-refractivity contribution in [3.05, 3.63) is 21.9 Å². The summed E-state index contributed by atoms with van der Waals surface area (Å²) >= 11 is 1.91. The number of rotatable bonds is 5. The van der Waals surface area contributed by atoms with Gasteiger partial charge in [0.25, 0.3) is 0 Å². The van der Waals surface area contributed by atoms with Crippen LogP contribution in [-0.2, 0) is 6.54 Å². The van der Waals surface area contributed by atoms with E-state index in [9.17, 15) is 0 Å². The number of nitrogens with zero attached hydrogens (tertiary/aromatic N) is 1. The Morgan fingerprint density at radius 1 is 1.22 bits per heavy atom. The highest BCUT2D eigenvalue weighted by atomic mass is 32.1. The maximum Gasteiger partial charge on any atom is 0.0328 e. The van der Waals surface area contributed by atoms with Crippen molar-refractivity contribution < 1.29 is 0 Å². The fourth-order valence-electron chi connectivity index (χ4n) is 2.99. The molecule has 1 N–H and O–H groups in total. The summed E-state index contributed by atoms with van der Waals surface area (Å²) in [5.74, 6) is 0. The Kier molecular flexibility index (Phi) is 4.82. The summed E-state index contributed by atoms with van der Waals surface area (Å²) in [6, 6.07) is 4.46. The van der Waals surface area contributed by atoms with E-state index in [1.54, 1.807) is 0 Å². The largest absolute Gasteiger partial charge is 0.310 e. The van der Waals surface area contributed by atoms with Gasteiger partial charge in [0.05, 0.1) is 0 Å². The van der Waals surface area contributed by atoms with E-state index in [-0.39, 0.29) is 0 Å². The number of hydrogen-bond acceptors (Lipinski definition) is 3. The van der Waals surface area contributed by atoms with Crippen molar-refractivity contribution in [1.29, 1.82) is 0 Å². The molecule has 18 heavy (non-hydrogen) atoms. The van der Waals surface area contributed by atoms with Gasteiger partial charge in [0, 0.05) is 28.4 Å². The van der Waals surface area contributed by atoms with E-state index in [1.165, 1.54) is 41.9 Å². The van der Waals surface area contributed by atoms with E-state index in [0.717, 1.165) is 13.1 Å². The van der Waals surface area contributed by atoms with E-state index < -0.39 is 0 Å². The molecule has 0 radical (unpaired) electrons. The summed E-state index contributed by atoms with van der Waals surface area (Å²) in [4.78, 5) is 5.31. The van der Waals surface area contributed by atoms with Crippen LogP contribution in [0.3, 0.4) is 0 Å². The minimum absolute atomic E-state index is 0.393. The van der Waals surface area contributed by atoms with Gasteiger partial charge in [-0.05, 0) is 46.0 Å². The van der Waals surface area contributed by atoms with E-state index in [0.29, 0.717) is 5.54 Å². The van der Waals surface area contributed by atoms with Gasteiger partial charge in [0.1, 0.15) is 0 Å². The summed E-state index contributed by atoms with van der Waals surface area (Å²) < 4.78 is 0. The molecule has 1 aromatic rings. The summed E-state index contributed by atoms with van der Waals surface area (Å²) in [5.41, 5.74) is 0.393. The van der Waals surface area contributed by atoms with Gasteiger partial charge in [-0.2, -0.15) is 0 Å². The molecule has 0 saturated heterocycles. The lowest BCUT2D eigenvalue weighted by Crippen LogP contribution is -2.52. The van der Waals surface area contributed by atoms with Crippen molar-refractivity contribution in [2.45, 2.75) is 51.1 Å². The molecule has 1 heterocycles. The predicted molar refractivity (Wildman–Crippen MR) is 80.3 cm³/mol. The maximum atomic E-state index is 3.68. The molecule has 2 rings (SSSR count). The smallest absolute Gasteiger partial charge is 0.0328 e. The molecule has 1 aromatic heterocycles. The highest BCUT2D eigenvalue weighted by Gasteiger charge is 2.33. The summed E-state index contributed by atoms with van der Waals surface area (Å²) in [6.45, 7) is 4.32. The van der Waals surface area contributed by atoms with Crippen LogP contribution < -0.4 is 5.32 Å². The first-order valence-corrected chi connectivity index (χ1v) is 7.87. The van der Waals surface area contributed by atoms with E-state index >= 15 is 0 Å².